The molecule has 0 radical (unpaired) electrons. The second kappa shape index (κ2) is 5.03. The summed E-state index contributed by atoms with van der Waals surface area (Å²) < 4.78 is 16.2. The molecule has 4 rings (SSSR count). The van der Waals surface area contributed by atoms with Crippen LogP contribution < -0.4 is 14.8 Å². The molecule has 0 atom stereocenters. The number of nitrogens with zero attached hydrogens (tertiary/aromatic N) is 1. The Balaban J connectivity index is 1.57. The molecule has 0 spiro atoms. The maximum Gasteiger partial charge on any atom is 0.231 e. The van der Waals surface area contributed by atoms with Crippen molar-refractivity contribution in [2.24, 2.45) is 0 Å². The number of nitrogens with one attached hydrogen (secondary N) is 1. The fourth-order valence-electron chi connectivity index (χ4n) is 2.36. The molecule has 1 N–H and O–H groups in total. The number of benzene rings is 1. The number of furan rings is 1. The zero-order chi connectivity index (χ0) is 15.1. The van der Waals surface area contributed by atoms with E-state index in [-0.39, 0.29) is 19.1 Å². The van der Waals surface area contributed by atoms with E-state index in [0.717, 1.165) is 15.8 Å². The first kappa shape index (κ1) is 13.1. The standard InChI is InChI=1S/C15H12N2O4S/c1-8-5-16-15(22-8)17-14(18)2-9-6-19-11-4-13-12(3-10(9)11)20-7-21-13/h3-6H,2,7H2,1H3,(H,16,17,18). The maximum absolute atomic E-state index is 12.1. The van der Waals surface area contributed by atoms with Crippen LogP contribution in [-0.4, -0.2) is 17.7 Å². The van der Waals surface area contributed by atoms with E-state index in [1.54, 1.807) is 18.5 Å². The summed E-state index contributed by atoms with van der Waals surface area (Å²) >= 11 is 1.45. The fourth-order valence-corrected chi connectivity index (χ4v) is 3.04. The molecule has 1 amide bonds. The Morgan fingerprint density at radius 2 is 2.18 bits per heavy atom. The third kappa shape index (κ3) is 2.29. The number of aryl methyl sites for hydroxylation is 1. The molecule has 0 saturated carbocycles. The first-order valence-electron chi connectivity index (χ1n) is 6.71. The van der Waals surface area contributed by atoms with Gasteiger partial charge in [0.05, 0.1) is 12.7 Å². The van der Waals surface area contributed by atoms with Gasteiger partial charge in [0.2, 0.25) is 12.7 Å². The number of ether oxygens (including phenoxy) is 2. The van der Waals surface area contributed by atoms with Crippen molar-refractivity contribution in [3.63, 3.8) is 0 Å². The number of amides is 1. The van der Waals surface area contributed by atoms with Crippen LogP contribution in [0, 0.1) is 6.92 Å². The molecule has 22 heavy (non-hydrogen) atoms. The predicted molar refractivity (Wildman–Crippen MR) is 81.5 cm³/mol. The van der Waals surface area contributed by atoms with Crippen LogP contribution in [-0.2, 0) is 11.2 Å². The Kier molecular flexibility index (Phi) is 3.00. The first-order chi connectivity index (χ1) is 10.7. The Labute approximate surface area is 129 Å². The third-order valence-corrected chi connectivity index (χ3v) is 4.20. The smallest absolute Gasteiger partial charge is 0.231 e. The number of hydrogen-bond acceptors (Lipinski definition) is 6. The molecule has 1 aliphatic rings. The number of thiazole rings is 1. The molecule has 112 valence electrons. The van der Waals surface area contributed by atoms with Crippen LogP contribution >= 0.6 is 11.3 Å². The van der Waals surface area contributed by atoms with E-state index < -0.39 is 0 Å². The summed E-state index contributed by atoms with van der Waals surface area (Å²) in [6.45, 7) is 2.15. The van der Waals surface area contributed by atoms with Crippen molar-refractivity contribution < 1.29 is 18.7 Å². The lowest BCUT2D eigenvalue weighted by Crippen LogP contribution is -2.13. The number of hydrogen-bond donors (Lipinski definition) is 1. The van der Waals surface area contributed by atoms with Gasteiger partial charge in [-0.15, -0.1) is 11.3 Å². The summed E-state index contributed by atoms with van der Waals surface area (Å²) in [6, 6.07) is 3.63. The van der Waals surface area contributed by atoms with Gasteiger partial charge in [-0.25, -0.2) is 4.98 Å². The zero-order valence-corrected chi connectivity index (χ0v) is 12.5. The number of rotatable bonds is 3. The van der Waals surface area contributed by atoms with Crippen LogP contribution in [0.25, 0.3) is 11.0 Å². The molecule has 0 bridgehead atoms. The van der Waals surface area contributed by atoms with Crippen molar-refractivity contribution in [3.05, 3.63) is 35.0 Å². The van der Waals surface area contributed by atoms with Gasteiger partial charge in [0.1, 0.15) is 5.58 Å². The second-order valence-corrected chi connectivity index (χ2v) is 6.20. The van der Waals surface area contributed by atoms with Crippen molar-refractivity contribution in [2.75, 3.05) is 12.1 Å². The lowest BCUT2D eigenvalue weighted by atomic mass is 10.1. The number of aromatic nitrogens is 1. The molecular weight excluding hydrogens is 304 g/mol. The molecule has 6 nitrogen and oxygen atoms in total. The van der Waals surface area contributed by atoms with Gasteiger partial charge in [0.15, 0.2) is 16.6 Å². The lowest BCUT2D eigenvalue weighted by Gasteiger charge is -2.01. The van der Waals surface area contributed by atoms with Crippen molar-refractivity contribution in [1.82, 2.24) is 4.98 Å². The molecule has 0 aliphatic carbocycles. The van der Waals surface area contributed by atoms with Gasteiger partial charge in [-0.05, 0) is 13.0 Å². The van der Waals surface area contributed by atoms with Crippen molar-refractivity contribution >= 4 is 33.3 Å². The van der Waals surface area contributed by atoms with Crippen molar-refractivity contribution in [3.8, 4) is 11.5 Å². The highest BCUT2D eigenvalue weighted by Gasteiger charge is 2.19. The molecule has 3 aromatic rings. The minimum atomic E-state index is -0.130. The number of fused-ring (bicyclic) bond motifs is 2. The van der Waals surface area contributed by atoms with Crippen molar-refractivity contribution in [2.45, 2.75) is 13.3 Å². The molecule has 2 aromatic heterocycles. The third-order valence-electron chi connectivity index (χ3n) is 3.37. The fraction of sp³-hybridized carbons (Fsp3) is 0.200. The molecule has 0 fully saturated rings. The average molecular weight is 316 g/mol. The van der Waals surface area contributed by atoms with E-state index in [1.807, 2.05) is 13.0 Å². The van der Waals surface area contributed by atoms with E-state index in [9.17, 15) is 4.79 Å². The molecule has 1 aromatic carbocycles. The minimum absolute atomic E-state index is 0.130. The van der Waals surface area contributed by atoms with Gasteiger partial charge in [-0.3, -0.25) is 4.79 Å². The van der Waals surface area contributed by atoms with Gasteiger partial charge in [-0.2, -0.15) is 0 Å². The molecule has 3 heterocycles. The van der Waals surface area contributed by atoms with Gasteiger partial charge in [-0.1, -0.05) is 0 Å². The van der Waals surface area contributed by atoms with Gasteiger partial charge in [0.25, 0.3) is 0 Å². The summed E-state index contributed by atoms with van der Waals surface area (Å²) in [5, 5.41) is 4.25. The van der Waals surface area contributed by atoms with Crippen LogP contribution in [0.5, 0.6) is 11.5 Å². The minimum Gasteiger partial charge on any atom is -0.464 e. The summed E-state index contributed by atoms with van der Waals surface area (Å²) in [5.74, 6) is 1.21. The predicted octanol–water partition coefficient (Wildman–Crippen LogP) is 3.11. The Morgan fingerprint density at radius 3 is 2.95 bits per heavy atom. The molecule has 7 heteroatoms. The number of anilines is 1. The normalized spacial score (nSPS) is 12.8. The van der Waals surface area contributed by atoms with Crippen LogP contribution in [0.2, 0.25) is 0 Å². The van der Waals surface area contributed by atoms with Gasteiger partial charge >= 0.3 is 0 Å². The Hall–Kier alpha value is -2.54. The zero-order valence-electron chi connectivity index (χ0n) is 11.7. The van der Waals surface area contributed by atoms with E-state index in [4.69, 9.17) is 13.9 Å². The molecular formula is C15H12N2O4S. The lowest BCUT2D eigenvalue weighted by molar-refractivity contribution is -0.115. The van der Waals surface area contributed by atoms with Gasteiger partial charge < -0.3 is 19.2 Å². The van der Waals surface area contributed by atoms with Crippen LogP contribution in [0.15, 0.2) is 29.0 Å². The Morgan fingerprint density at radius 1 is 1.36 bits per heavy atom. The highest BCUT2D eigenvalue weighted by molar-refractivity contribution is 7.15. The monoisotopic (exact) mass is 316 g/mol. The van der Waals surface area contributed by atoms with E-state index in [1.165, 1.54) is 11.3 Å². The molecule has 0 saturated heterocycles. The molecule has 1 aliphatic heterocycles. The Bertz CT molecular complexity index is 868. The topological polar surface area (TPSA) is 73.6 Å². The van der Waals surface area contributed by atoms with Crippen LogP contribution in [0.3, 0.4) is 0 Å². The number of carbonyl (C=O) groups is 1. The summed E-state index contributed by atoms with van der Waals surface area (Å²) in [6.07, 6.45) is 3.53. The van der Waals surface area contributed by atoms with Crippen LogP contribution in [0.4, 0.5) is 5.13 Å². The number of carbonyl (C=O) groups excluding carboxylic acids is 1. The summed E-state index contributed by atoms with van der Waals surface area (Å²) in [5.41, 5.74) is 1.48. The molecule has 0 unspecified atom stereocenters. The maximum atomic E-state index is 12.1. The largest absolute Gasteiger partial charge is 0.464 e. The first-order valence-corrected chi connectivity index (χ1v) is 7.53. The van der Waals surface area contributed by atoms with Crippen LogP contribution in [0.1, 0.15) is 10.4 Å². The SMILES string of the molecule is Cc1cnc(NC(=O)Cc2coc3cc4c(cc23)OCO4)s1. The van der Waals surface area contributed by atoms with Crippen molar-refractivity contribution in [1.29, 1.82) is 0 Å². The highest BCUT2D eigenvalue weighted by Crippen LogP contribution is 2.38. The summed E-state index contributed by atoms with van der Waals surface area (Å²) in [7, 11) is 0. The quantitative estimate of drug-likeness (QED) is 0.803. The van der Waals surface area contributed by atoms with E-state index >= 15 is 0 Å². The average Bonchev–Trinajstić information content (AvgIpc) is 3.18. The van der Waals surface area contributed by atoms with E-state index in [2.05, 4.69) is 10.3 Å². The van der Waals surface area contributed by atoms with E-state index in [0.29, 0.717) is 22.2 Å². The highest BCUT2D eigenvalue weighted by atomic mass is 32.1. The summed E-state index contributed by atoms with van der Waals surface area (Å²) in [4.78, 5) is 17.3. The van der Waals surface area contributed by atoms with Gasteiger partial charge in [0, 0.05) is 28.1 Å². The second-order valence-electron chi connectivity index (χ2n) is 4.96.